The fraction of sp³-hybridized carbons (Fsp3) is 0.423. The van der Waals surface area contributed by atoms with Gasteiger partial charge < -0.3 is 24.3 Å². The summed E-state index contributed by atoms with van der Waals surface area (Å²) in [7, 11) is 0. The number of nitrogens with zero attached hydrogens (tertiary/aromatic N) is 1. The number of benzene rings is 2. The number of ether oxygens (including phenoxy) is 2. The van der Waals surface area contributed by atoms with Crippen molar-refractivity contribution in [3.63, 3.8) is 0 Å². The first-order valence-electron chi connectivity index (χ1n) is 11.2. The molecule has 5 rings (SSSR count). The van der Waals surface area contributed by atoms with E-state index in [9.17, 15) is 15.0 Å². The van der Waals surface area contributed by atoms with E-state index in [1.807, 2.05) is 45.0 Å². The van der Waals surface area contributed by atoms with Crippen molar-refractivity contribution in [2.24, 2.45) is 0 Å². The molecule has 2 N–H and O–H groups in total. The van der Waals surface area contributed by atoms with Gasteiger partial charge in [-0.05, 0) is 54.3 Å². The fourth-order valence-corrected chi connectivity index (χ4v) is 4.84. The SMILES string of the molecule is CC(C)(C)c1cc2cc(CC(=O)C3(c4ccc5c(c4)OCO5)CC3)c(F)cc2n1CC(O)O. The summed E-state index contributed by atoms with van der Waals surface area (Å²) in [4.78, 5) is 13.4. The van der Waals surface area contributed by atoms with Crippen molar-refractivity contribution >= 4 is 16.7 Å². The number of Topliss-reactive ketones (excluding diaryl/α,β-unsaturated/α-hetero) is 1. The molecule has 0 radical (unpaired) electrons. The van der Waals surface area contributed by atoms with E-state index in [1.54, 1.807) is 10.6 Å². The molecule has 6 nitrogen and oxygen atoms in total. The summed E-state index contributed by atoms with van der Waals surface area (Å²) in [5.41, 5.74) is 1.80. The normalized spacial score (nSPS) is 16.6. The zero-order valence-corrected chi connectivity index (χ0v) is 19.0. The number of carbonyl (C=O) groups is 1. The average molecular weight is 454 g/mol. The lowest BCUT2D eigenvalue weighted by molar-refractivity contribution is -0.120. The van der Waals surface area contributed by atoms with E-state index in [0.717, 1.165) is 29.5 Å². The second-order valence-electron chi connectivity index (χ2n) is 10.1. The molecule has 1 saturated carbocycles. The van der Waals surface area contributed by atoms with Gasteiger partial charge in [0.1, 0.15) is 11.6 Å². The zero-order valence-electron chi connectivity index (χ0n) is 19.0. The van der Waals surface area contributed by atoms with Crippen molar-refractivity contribution in [1.29, 1.82) is 0 Å². The fourth-order valence-electron chi connectivity index (χ4n) is 4.84. The second kappa shape index (κ2) is 7.57. The van der Waals surface area contributed by atoms with Gasteiger partial charge in [0.15, 0.2) is 17.8 Å². The minimum atomic E-state index is -1.55. The Bertz CT molecular complexity index is 1250. The number of ketones is 1. The van der Waals surface area contributed by atoms with Crippen LogP contribution in [0.2, 0.25) is 0 Å². The van der Waals surface area contributed by atoms with Crippen molar-refractivity contribution < 1.29 is 28.9 Å². The van der Waals surface area contributed by atoms with Crippen LogP contribution < -0.4 is 9.47 Å². The minimum absolute atomic E-state index is 0.00509. The lowest BCUT2D eigenvalue weighted by atomic mass is 9.87. The molecule has 1 aliphatic carbocycles. The van der Waals surface area contributed by atoms with Crippen LogP contribution in [0.25, 0.3) is 10.9 Å². The van der Waals surface area contributed by atoms with Crippen molar-refractivity contribution in [1.82, 2.24) is 4.57 Å². The van der Waals surface area contributed by atoms with Crippen LogP contribution in [0.4, 0.5) is 4.39 Å². The summed E-state index contributed by atoms with van der Waals surface area (Å²) in [6, 6.07) is 10.6. The number of rotatable bonds is 6. The number of halogens is 1. The predicted molar refractivity (Wildman–Crippen MR) is 121 cm³/mol. The molecular formula is C26H28FNO5. The van der Waals surface area contributed by atoms with Gasteiger partial charge in [0.05, 0.1) is 17.5 Å². The maximum atomic E-state index is 15.2. The standard InChI is InChI=1S/C26H28FNO5/c1-25(2,3)22-9-16-8-15(18(27)12-19(16)28(22)13-24(30)31)10-23(29)26(6-7-26)17-4-5-20-21(11-17)33-14-32-20/h4-5,8-9,11-12,24,30-31H,6-7,10,13-14H2,1-3H3. The van der Waals surface area contributed by atoms with E-state index in [-0.39, 0.29) is 31.0 Å². The van der Waals surface area contributed by atoms with Gasteiger partial charge in [-0.2, -0.15) is 0 Å². The number of fused-ring (bicyclic) bond motifs is 2. The number of aliphatic hydroxyl groups excluding tert-OH is 1. The van der Waals surface area contributed by atoms with Crippen LogP contribution in [0.1, 0.15) is 50.4 Å². The predicted octanol–water partition coefficient (Wildman–Crippen LogP) is 3.96. The van der Waals surface area contributed by atoms with Crippen LogP contribution in [-0.4, -0.2) is 33.6 Å². The Labute approximate surface area is 191 Å². The van der Waals surface area contributed by atoms with E-state index in [4.69, 9.17) is 9.47 Å². The Morgan fingerprint density at radius 1 is 1.12 bits per heavy atom. The monoisotopic (exact) mass is 453 g/mol. The zero-order chi connectivity index (χ0) is 23.5. The summed E-state index contributed by atoms with van der Waals surface area (Å²) in [6.07, 6.45) is -0.0975. The molecule has 2 aromatic carbocycles. The van der Waals surface area contributed by atoms with Gasteiger partial charge in [-0.25, -0.2) is 4.39 Å². The Kier molecular flexibility index (Phi) is 5.03. The lowest BCUT2D eigenvalue weighted by Crippen LogP contribution is -2.23. The Balaban J connectivity index is 1.48. The number of hydrogen-bond acceptors (Lipinski definition) is 5. The first kappa shape index (κ1) is 21.9. The molecule has 0 spiro atoms. The summed E-state index contributed by atoms with van der Waals surface area (Å²) in [5.74, 6) is 0.831. The highest BCUT2D eigenvalue weighted by atomic mass is 19.1. The van der Waals surface area contributed by atoms with Crippen molar-refractivity contribution in [2.75, 3.05) is 6.79 Å². The maximum Gasteiger partial charge on any atom is 0.231 e. The Hall–Kier alpha value is -2.90. The molecule has 1 fully saturated rings. The van der Waals surface area contributed by atoms with E-state index < -0.39 is 17.5 Å². The van der Waals surface area contributed by atoms with Crippen LogP contribution in [0, 0.1) is 5.82 Å². The summed E-state index contributed by atoms with van der Waals surface area (Å²) in [6.45, 7) is 6.18. The smallest absolute Gasteiger partial charge is 0.231 e. The van der Waals surface area contributed by atoms with E-state index in [2.05, 4.69) is 0 Å². The highest BCUT2D eigenvalue weighted by Crippen LogP contribution is 2.51. The van der Waals surface area contributed by atoms with Crippen LogP contribution in [0.3, 0.4) is 0 Å². The number of hydrogen-bond donors (Lipinski definition) is 2. The van der Waals surface area contributed by atoms with E-state index >= 15 is 4.39 Å². The van der Waals surface area contributed by atoms with Crippen LogP contribution in [-0.2, 0) is 28.6 Å². The van der Waals surface area contributed by atoms with Crippen LogP contribution in [0.15, 0.2) is 36.4 Å². The Morgan fingerprint density at radius 2 is 1.85 bits per heavy atom. The van der Waals surface area contributed by atoms with Crippen LogP contribution in [0.5, 0.6) is 11.5 Å². The number of aromatic nitrogens is 1. The second-order valence-corrected chi connectivity index (χ2v) is 10.1. The third-order valence-electron chi connectivity index (χ3n) is 6.74. The highest BCUT2D eigenvalue weighted by Gasteiger charge is 2.51. The molecule has 0 amide bonds. The van der Waals surface area contributed by atoms with Gasteiger partial charge in [0.2, 0.25) is 6.79 Å². The molecule has 0 atom stereocenters. The van der Waals surface area contributed by atoms with Gasteiger partial charge in [-0.1, -0.05) is 26.8 Å². The van der Waals surface area contributed by atoms with Crippen LogP contribution >= 0.6 is 0 Å². The average Bonchev–Trinajstić information content (AvgIpc) is 3.29. The minimum Gasteiger partial charge on any atom is -0.454 e. The van der Waals surface area contributed by atoms with Gasteiger partial charge in [-0.15, -0.1) is 0 Å². The largest absolute Gasteiger partial charge is 0.454 e. The molecule has 3 aromatic rings. The van der Waals surface area contributed by atoms with E-state index in [1.165, 1.54) is 6.07 Å². The molecule has 2 heterocycles. The first-order chi connectivity index (χ1) is 15.6. The molecule has 0 unspecified atom stereocenters. The Morgan fingerprint density at radius 3 is 2.52 bits per heavy atom. The number of aliphatic hydroxyl groups is 2. The summed E-state index contributed by atoms with van der Waals surface area (Å²) < 4.78 is 27.7. The number of carbonyl (C=O) groups excluding carboxylic acids is 1. The molecule has 0 bridgehead atoms. The maximum absolute atomic E-state index is 15.2. The van der Waals surface area contributed by atoms with Gasteiger partial charge >= 0.3 is 0 Å². The van der Waals surface area contributed by atoms with Crippen molar-refractivity contribution in [3.05, 3.63) is 59.0 Å². The molecule has 1 aliphatic heterocycles. The molecule has 33 heavy (non-hydrogen) atoms. The molecule has 174 valence electrons. The summed E-state index contributed by atoms with van der Waals surface area (Å²) in [5, 5.41) is 19.9. The molecule has 0 saturated heterocycles. The first-order valence-corrected chi connectivity index (χ1v) is 11.2. The van der Waals surface area contributed by atoms with Crippen molar-refractivity contribution in [3.8, 4) is 11.5 Å². The van der Waals surface area contributed by atoms with Crippen molar-refractivity contribution in [2.45, 2.75) is 63.7 Å². The third kappa shape index (κ3) is 3.79. The van der Waals surface area contributed by atoms with Gasteiger partial charge in [-0.3, -0.25) is 4.79 Å². The summed E-state index contributed by atoms with van der Waals surface area (Å²) >= 11 is 0. The third-order valence-corrected chi connectivity index (χ3v) is 6.74. The quantitative estimate of drug-likeness (QED) is 0.552. The highest BCUT2D eigenvalue weighted by molar-refractivity contribution is 5.95. The lowest BCUT2D eigenvalue weighted by Gasteiger charge is -2.22. The molecule has 7 heteroatoms. The molecular weight excluding hydrogens is 425 g/mol. The topological polar surface area (TPSA) is 80.9 Å². The molecule has 1 aromatic heterocycles. The molecule has 2 aliphatic rings. The van der Waals surface area contributed by atoms with Gasteiger partial charge in [0.25, 0.3) is 0 Å². The van der Waals surface area contributed by atoms with Gasteiger partial charge in [0, 0.05) is 22.9 Å². The van der Waals surface area contributed by atoms with E-state index in [0.29, 0.717) is 22.6 Å².